The van der Waals surface area contributed by atoms with Crippen molar-refractivity contribution < 1.29 is 14.3 Å². The van der Waals surface area contributed by atoms with Gasteiger partial charge in [-0.05, 0) is 38.1 Å². The zero-order chi connectivity index (χ0) is 15.0. The zero-order valence-electron chi connectivity index (χ0n) is 11.8. The Balaban J connectivity index is 1.89. The summed E-state index contributed by atoms with van der Waals surface area (Å²) in [6, 6.07) is 6.76. The van der Waals surface area contributed by atoms with Gasteiger partial charge in [-0.2, -0.15) is 4.98 Å². The maximum Gasteiger partial charge on any atom is 0.348 e. The summed E-state index contributed by atoms with van der Waals surface area (Å²) in [6.07, 6.45) is 0. The van der Waals surface area contributed by atoms with Crippen LogP contribution in [0.4, 0.5) is 0 Å². The number of carbonyl (C=O) groups excluding carboxylic acids is 1. The van der Waals surface area contributed by atoms with E-state index in [0.717, 1.165) is 0 Å². The average molecular weight is 286 g/mol. The number of hydrogen-bond acceptors (Lipinski definition) is 5. The Morgan fingerprint density at radius 1 is 1.24 bits per heavy atom. The van der Waals surface area contributed by atoms with Crippen molar-refractivity contribution in [2.75, 3.05) is 6.79 Å². The number of carbonyl (C=O) groups is 1. The molecule has 0 unspecified atom stereocenters. The van der Waals surface area contributed by atoms with Crippen LogP contribution in [0.5, 0.6) is 11.5 Å². The summed E-state index contributed by atoms with van der Waals surface area (Å²) in [6.45, 7) is 3.65. The van der Waals surface area contributed by atoms with Gasteiger partial charge in [-0.15, -0.1) is 0 Å². The van der Waals surface area contributed by atoms with Crippen molar-refractivity contribution >= 4 is 5.78 Å². The SMILES string of the molecule is Cc1cc(C)n(CC(=O)c2ccc3c(c2)OCO3)c(=O)n1. The van der Waals surface area contributed by atoms with E-state index in [1.165, 1.54) is 4.57 Å². The third-order valence-electron chi connectivity index (χ3n) is 3.34. The van der Waals surface area contributed by atoms with Gasteiger partial charge in [0.15, 0.2) is 17.3 Å². The molecule has 0 radical (unpaired) electrons. The first kappa shape index (κ1) is 13.4. The van der Waals surface area contributed by atoms with Crippen molar-refractivity contribution in [2.45, 2.75) is 20.4 Å². The molecule has 2 heterocycles. The van der Waals surface area contributed by atoms with Crippen molar-refractivity contribution in [1.29, 1.82) is 0 Å². The summed E-state index contributed by atoms with van der Waals surface area (Å²) in [7, 11) is 0. The van der Waals surface area contributed by atoms with Gasteiger partial charge in [0.1, 0.15) is 0 Å². The molecule has 0 atom stereocenters. The standard InChI is InChI=1S/C15H14N2O4/c1-9-5-10(2)17(15(19)16-9)7-12(18)11-3-4-13-14(6-11)21-8-20-13/h3-6H,7-8H2,1-2H3. The van der Waals surface area contributed by atoms with Gasteiger partial charge in [-0.3, -0.25) is 9.36 Å². The van der Waals surface area contributed by atoms with Crippen molar-refractivity contribution in [3.8, 4) is 11.5 Å². The van der Waals surface area contributed by atoms with Crippen LogP contribution in [0.1, 0.15) is 21.7 Å². The molecule has 1 aliphatic heterocycles. The van der Waals surface area contributed by atoms with Gasteiger partial charge in [-0.1, -0.05) is 0 Å². The van der Waals surface area contributed by atoms with E-state index in [1.807, 2.05) is 0 Å². The fourth-order valence-corrected chi connectivity index (χ4v) is 2.27. The molecular formula is C15H14N2O4. The molecule has 6 nitrogen and oxygen atoms in total. The normalized spacial score (nSPS) is 12.5. The largest absolute Gasteiger partial charge is 0.454 e. The second kappa shape index (κ2) is 5.05. The number of aryl methyl sites for hydroxylation is 2. The number of benzene rings is 1. The van der Waals surface area contributed by atoms with Crippen LogP contribution in [0.3, 0.4) is 0 Å². The lowest BCUT2D eigenvalue weighted by Gasteiger charge is -2.09. The molecule has 1 aliphatic rings. The molecule has 0 aliphatic carbocycles. The quantitative estimate of drug-likeness (QED) is 0.799. The lowest BCUT2D eigenvalue weighted by Crippen LogP contribution is -2.28. The summed E-state index contributed by atoms with van der Waals surface area (Å²) in [5, 5.41) is 0. The lowest BCUT2D eigenvalue weighted by atomic mass is 10.1. The highest BCUT2D eigenvalue weighted by Gasteiger charge is 2.17. The predicted molar refractivity (Wildman–Crippen MR) is 74.9 cm³/mol. The lowest BCUT2D eigenvalue weighted by molar-refractivity contribution is 0.0969. The van der Waals surface area contributed by atoms with Gasteiger partial charge in [0.2, 0.25) is 6.79 Å². The van der Waals surface area contributed by atoms with Crippen molar-refractivity contribution in [1.82, 2.24) is 9.55 Å². The summed E-state index contributed by atoms with van der Waals surface area (Å²) in [4.78, 5) is 28.0. The number of Topliss-reactive ketones (excluding diaryl/α,β-unsaturated/α-hetero) is 1. The molecule has 0 fully saturated rings. The fraction of sp³-hybridized carbons (Fsp3) is 0.267. The van der Waals surface area contributed by atoms with E-state index in [-0.39, 0.29) is 19.1 Å². The smallest absolute Gasteiger partial charge is 0.348 e. The van der Waals surface area contributed by atoms with Crippen LogP contribution in [-0.4, -0.2) is 22.1 Å². The second-order valence-corrected chi connectivity index (χ2v) is 4.90. The monoisotopic (exact) mass is 286 g/mol. The highest BCUT2D eigenvalue weighted by Crippen LogP contribution is 2.32. The molecule has 0 amide bonds. The minimum atomic E-state index is -0.415. The van der Waals surface area contributed by atoms with Crippen LogP contribution in [0.25, 0.3) is 0 Å². The van der Waals surface area contributed by atoms with E-state index >= 15 is 0 Å². The van der Waals surface area contributed by atoms with E-state index in [1.54, 1.807) is 38.1 Å². The highest BCUT2D eigenvalue weighted by molar-refractivity contribution is 5.96. The zero-order valence-corrected chi connectivity index (χ0v) is 11.8. The van der Waals surface area contributed by atoms with E-state index in [2.05, 4.69) is 4.98 Å². The number of rotatable bonds is 3. The molecular weight excluding hydrogens is 272 g/mol. The number of hydrogen-bond donors (Lipinski definition) is 0. The summed E-state index contributed by atoms with van der Waals surface area (Å²) in [5.74, 6) is 0.994. The maximum absolute atomic E-state index is 12.3. The molecule has 0 N–H and O–H groups in total. The Hall–Kier alpha value is -2.63. The predicted octanol–water partition coefficient (Wildman–Crippen LogP) is 1.47. The van der Waals surface area contributed by atoms with Crippen LogP contribution < -0.4 is 15.2 Å². The molecule has 2 aromatic rings. The molecule has 0 saturated heterocycles. The molecule has 21 heavy (non-hydrogen) atoms. The number of fused-ring (bicyclic) bond motifs is 1. The number of ketones is 1. The van der Waals surface area contributed by atoms with Crippen molar-refractivity contribution in [3.05, 3.63) is 51.7 Å². The topological polar surface area (TPSA) is 70.4 Å². The summed E-state index contributed by atoms with van der Waals surface area (Å²) >= 11 is 0. The highest BCUT2D eigenvalue weighted by atomic mass is 16.7. The van der Waals surface area contributed by atoms with E-state index in [9.17, 15) is 9.59 Å². The molecule has 1 aromatic heterocycles. The number of nitrogens with zero attached hydrogens (tertiary/aromatic N) is 2. The van der Waals surface area contributed by atoms with Gasteiger partial charge in [0.25, 0.3) is 0 Å². The summed E-state index contributed by atoms with van der Waals surface area (Å²) < 4.78 is 11.8. The second-order valence-electron chi connectivity index (χ2n) is 4.90. The summed E-state index contributed by atoms with van der Waals surface area (Å²) in [5.41, 5.74) is 1.42. The Bertz CT molecular complexity index is 780. The molecule has 0 saturated carbocycles. The first-order valence-corrected chi connectivity index (χ1v) is 6.52. The average Bonchev–Trinajstić information content (AvgIpc) is 2.89. The molecule has 6 heteroatoms. The molecule has 0 bridgehead atoms. The maximum atomic E-state index is 12.3. The minimum absolute atomic E-state index is 0.0441. The van der Waals surface area contributed by atoms with Gasteiger partial charge < -0.3 is 9.47 Å². The third-order valence-corrected chi connectivity index (χ3v) is 3.34. The van der Waals surface area contributed by atoms with Gasteiger partial charge in [0.05, 0.1) is 6.54 Å². The van der Waals surface area contributed by atoms with Crippen LogP contribution in [0, 0.1) is 13.8 Å². The van der Waals surface area contributed by atoms with E-state index in [4.69, 9.17) is 9.47 Å². The Labute approximate surface area is 121 Å². The molecule has 108 valence electrons. The first-order valence-electron chi connectivity index (χ1n) is 6.52. The van der Waals surface area contributed by atoms with Crippen molar-refractivity contribution in [2.24, 2.45) is 0 Å². The minimum Gasteiger partial charge on any atom is -0.454 e. The molecule has 0 spiro atoms. The first-order chi connectivity index (χ1) is 10.0. The number of aromatic nitrogens is 2. The van der Waals surface area contributed by atoms with Crippen LogP contribution in [0.2, 0.25) is 0 Å². The Morgan fingerprint density at radius 2 is 2.00 bits per heavy atom. The van der Waals surface area contributed by atoms with E-state index < -0.39 is 5.69 Å². The van der Waals surface area contributed by atoms with E-state index in [0.29, 0.717) is 28.5 Å². The Morgan fingerprint density at radius 3 is 2.76 bits per heavy atom. The fourth-order valence-electron chi connectivity index (χ4n) is 2.27. The third kappa shape index (κ3) is 2.52. The van der Waals surface area contributed by atoms with Crippen LogP contribution in [-0.2, 0) is 6.54 Å². The number of ether oxygens (including phenoxy) is 2. The van der Waals surface area contributed by atoms with Gasteiger partial charge >= 0.3 is 5.69 Å². The van der Waals surface area contributed by atoms with Crippen LogP contribution in [0.15, 0.2) is 29.1 Å². The molecule has 1 aromatic carbocycles. The molecule has 3 rings (SSSR count). The van der Waals surface area contributed by atoms with Gasteiger partial charge in [0, 0.05) is 17.0 Å². The van der Waals surface area contributed by atoms with Gasteiger partial charge in [-0.25, -0.2) is 4.79 Å². The van der Waals surface area contributed by atoms with Crippen LogP contribution >= 0.6 is 0 Å². The Kier molecular flexibility index (Phi) is 3.21. The van der Waals surface area contributed by atoms with Crippen molar-refractivity contribution in [3.63, 3.8) is 0 Å².